The number of thiophene rings is 2. The van der Waals surface area contributed by atoms with Crippen molar-refractivity contribution in [2.75, 3.05) is 0 Å². The van der Waals surface area contributed by atoms with Gasteiger partial charge < -0.3 is 9.13 Å². The second-order valence-corrected chi connectivity index (χ2v) is 21.4. The van der Waals surface area contributed by atoms with Crippen LogP contribution in [0.2, 0.25) is 0 Å². The van der Waals surface area contributed by atoms with E-state index in [2.05, 4.69) is 175 Å². The predicted octanol–water partition coefficient (Wildman–Crippen LogP) is 19.6. The zero-order chi connectivity index (χ0) is 45.0. The fraction of sp³-hybridized carbons (Fsp3) is 0.270. The van der Waals surface area contributed by atoms with E-state index in [0.29, 0.717) is 6.04 Å². The Kier molecular flexibility index (Phi) is 11.2. The third kappa shape index (κ3) is 7.29. The zero-order valence-electron chi connectivity index (χ0n) is 39.2. The molecular weight excluding hydrogens is 849 g/mol. The summed E-state index contributed by atoms with van der Waals surface area (Å²) in [5.41, 5.74) is 7.44. The van der Waals surface area contributed by atoms with E-state index in [4.69, 9.17) is 0 Å². The summed E-state index contributed by atoms with van der Waals surface area (Å²) in [7, 11) is 0. The van der Waals surface area contributed by atoms with Crippen molar-refractivity contribution in [1.29, 1.82) is 0 Å². The van der Waals surface area contributed by atoms with Crippen molar-refractivity contribution in [2.24, 2.45) is 0 Å². The Labute approximate surface area is 401 Å². The molecule has 0 aliphatic heterocycles. The second kappa shape index (κ2) is 17.8. The molecule has 8 aromatic carbocycles. The topological polar surface area (TPSA) is 9.86 Å². The fourth-order valence-corrected chi connectivity index (χ4v) is 14.0. The molecule has 0 saturated carbocycles. The summed E-state index contributed by atoms with van der Waals surface area (Å²) in [4.78, 5) is 0. The van der Waals surface area contributed by atoms with Crippen LogP contribution in [0.15, 0.2) is 133 Å². The molecule has 1 unspecified atom stereocenters. The van der Waals surface area contributed by atoms with Crippen LogP contribution in [-0.4, -0.2) is 9.13 Å². The molecule has 0 fully saturated rings. The molecule has 2 nitrogen and oxygen atoms in total. The quantitative estimate of drug-likeness (QED) is 0.0760. The molecule has 0 aliphatic rings. The Morgan fingerprint density at radius 1 is 0.418 bits per heavy atom. The molecule has 0 amide bonds. The van der Waals surface area contributed by atoms with Crippen molar-refractivity contribution in [1.82, 2.24) is 9.13 Å². The highest BCUT2D eigenvalue weighted by atomic mass is 32.1. The van der Waals surface area contributed by atoms with Gasteiger partial charge in [-0.15, -0.1) is 22.7 Å². The highest BCUT2D eigenvalue weighted by Gasteiger charge is 2.21. The van der Waals surface area contributed by atoms with E-state index in [9.17, 15) is 0 Å². The highest BCUT2D eigenvalue weighted by molar-refractivity contribution is 7.27. The summed E-state index contributed by atoms with van der Waals surface area (Å²) >= 11 is 3.86. The van der Waals surface area contributed by atoms with Crippen molar-refractivity contribution in [2.45, 2.75) is 110 Å². The van der Waals surface area contributed by atoms with Crippen LogP contribution in [0, 0.1) is 11.8 Å². The van der Waals surface area contributed by atoms with Crippen LogP contribution in [0.5, 0.6) is 0 Å². The first-order valence-electron chi connectivity index (χ1n) is 25.2. The number of hydrogen-bond acceptors (Lipinski definition) is 2. The van der Waals surface area contributed by atoms with Gasteiger partial charge in [0.25, 0.3) is 0 Å². The van der Waals surface area contributed by atoms with Gasteiger partial charge in [-0.25, -0.2) is 0 Å². The van der Waals surface area contributed by atoms with E-state index >= 15 is 0 Å². The maximum absolute atomic E-state index is 3.69. The third-order valence-corrected chi connectivity index (χ3v) is 17.4. The number of aromatic nitrogens is 2. The molecule has 0 aliphatic carbocycles. The number of hydrogen-bond donors (Lipinski definition) is 0. The maximum atomic E-state index is 3.69. The molecule has 332 valence electrons. The summed E-state index contributed by atoms with van der Waals surface area (Å²) < 4.78 is 10.8. The summed E-state index contributed by atoms with van der Waals surface area (Å²) in [5, 5.41) is 16.2. The Morgan fingerprint density at radius 3 is 1.45 bits per heavy atom. The summed E-state index contributed by atoms with van der Waals surface area (Å²) in [6, 6.07) is 51.1. The van der Waals surface area contributed by atoms with E-state index in [-0.39, 0.29) is 0 Å². The molecule has 0 spiro atoms. The molecule has 0 bridgehead atoms. The van der Waals surface area contributed by atoms with Crippen LogP contribution in [0.4, 0.5) is 0 Å². The zero-order valence-corrected chi connectivity index (χ0v) is 40.8. The van der Waals surface area contributed by atoms with Crippen molar-refractivity contribution in [3.8, 4) is 11.8 Å². The summed E-state index contributed by atoms with van der Waals surface area (Å²) in [6.45, 7) is 8.06. The minimum absolute atomic E-state index is 0.357. The van der Waals surface area contributed by atoms with Crippen molar-refractivity contribution in [3.05, 3.63) is 145 Å². The second-order valence-electron chi connectivity index (χ2n) is 19.2. The number of rotatable bonds is 14. The molecule has 0 N–H and O–H groups in total. The highest BCUT2D eigenvalue weighted by Crippen LogP contribution is 2.45. The van der Waals surface area contributed by atoms with Gasteiger partial charge in [0.1, 0.15) is 0 Å². The molecular formula is C63H58N2S2. The number of nitrogens with zero attached hydrogens (tertiary/aromatic N) is 2. The average Bonchev–Trinajstić information content (AvgIpc) is 4.12. The molecule has 4 heterocycles. The number of fused-ring (bicyclic) bond motifs is 18. The fourth-order valence-electron chi connectivity index (χ4n) is 11.5. The first-order valence-corrected chi connectivity index (χ1v) is 26.8. The molecule has 67 heavy (non-hydrogen) atoms. The molecule has 0 saturated heterocycles. The van der Waals surface area contributed by atoms with Crippen LogP contribution >= 0.6 is 22.7 Å². The van der Waals surface area contributed by atoms with Gasteiger partial charge in [-0.1, -0.05) is 187 Å². The minimum atomic E-state index is 0.357. The van der Waals surface area contributed by atoms with E-state index in [0.717, 1.165) is 24.1 Å². The van der Waals surface area contributed by atoms with Gasteiger partial charge in [0.2, 0.25) is 0 Å². The van der Waals surface area contributed by atoms with E-state index in [1.54, 1.807) is 0 Å². The molecule has 12 rings (SSSR count). The van der Waals surface area contributed by atoms with Crippen LogP contribution < -0.4 is 0 Å². The molecule has 0 radical (unpaired) electrons. The van der Waals surface area contributed by atoms with Gasteiger partial charge in [-0.3, -0.25) is 0 Å². The SMILES string of the molecule is CCCCCCCCn1c2cc(C#Cc3ccc4c5ccc6c(ccc7c8ccccc8sc76)c5n(C(C)CCCCCCC)c4c3)ccc2c2ccc3c(ccc4c5ccccc5sc43)c21. The standard InChI is InChI=1S/C63H58N2S2/c1-4-6-8-10-12-18-38-64-56-39-42(26-28-44(56)48-30-36-54-50(60(48)64)32-34-52-46-20-14-16-22-58(46)66-62(52)54)24-25-43-27-29-45-49-31-37-55-51(33-35-53-47-21-15-17-23-59(47)67-63(53)55)61(49)65(57(45)40-43)41(3)19-13-11-9-7-5-2/h14-17,20-23,26-37,39-41H,4-13,18-19,38H2,1-3H3. The smallest absolute Gasteiger partial charge is 0.0574 e. The van der Waals surface area contributed by atoms with Crippen LogP contribution in [0.25, 0.3) is 106 Å². The van der Waals surface area contributed by atoms with Crippen LogP contribution in [0.1, 0.15) is 115 Å². The number of aryl methyl sites for hydroxylation is 1. The monoisotopic (exact) mass is 906 g/mol. The van der Waals surface area contributed by atoms with Gasteiger partial charge in [0.15, 0.2) is 0 Å². The molecule has 4 heteroatoms. The largest absolute Gasteiger partial charge is 0.340 e. The van der Waals surface area contributed by atoms with Crippen molar-refractivity contribution < 1.29 is 0 Å². The van der Waals surface area contributed by atoms with E-state index in [1.807, 2.05) is 22.7 Å². The van der Waals surface area contributed by atoms with Gasteiger partial charge in [-0.05, 0) is 56.2 Å². The number of benzene rings is 8. The van der Waals surface area contributed by atoms with E-state index < -0.39 is 0 Å². The lowest BCUT2D eigenvalue weighted by Gasteiger charge is -2.18. The van der Waals surface area contributed by atoms with E-state index in [1.165, 1.54) is 176 Å². The molecule has 4 aromatic heterocycles. The van der Waals surface area contributed by atoms with Gasteiger partial charge in [0, 0.05) is 107 Å². The van der Waals surface area contributed by atoms with Crippen LogP contribution in [-0.2, 0) is 6.54 Å². The lowest BCUT2D eigenvalue weighted by atomic mass is 10.0. The van der Waals surface area contributed by atoms with Crippen molar-refractivity contribution >= 4 is 128 Å². The lowest BCUT2D eigenvalue weighted by Crippen LogP contribution is -2.05. The van der Waals surface area contributed by atoms with Gasteiger partial charge >= 0.3 is 0 Å². The molecule has 12 aromatic rings. The Balaban J connectivity index is 0.971. The Morgan fingerprint density at radius 2 is 0.851 bits per heavy atom. The lowest BCUT2D eigenvalue weighted by molar-refractivity contribution is 0.490. The normalized spacial score (nSPS) is 12.7. The Bertz CT molecular complexity index is 3910. The first-order chi connectivity index (χ1) is 33.1. The van der Waals surface area contributed by atoms with Gasteiger partial charge in [-0.2, -0.15) is 0 Å². The third-order valence-electron chi connectivity index (χ3n) is 14.9. The summed E-state index contributed by atoms with van der Waals surface area (Å²) in [6.07, 6.45) is 15.3. The minimum Gasteiger partial charge on any atom is -0.340 e. The summed E-state index contributed by atoms with van der Waals surface area (Å²) in [5.74, 6) is 7.37. The Hall–Kier alpha value is -6.12. The average molecular weight is 907 g/mol. The van der Waals surface area contributed by atoms with Crippen molar-refractivity contribution in [3.63, 3.8) is 0 Å². The molecule has 1 atom stereocenters. The number of unbranched alkanes of at least 4 members (excludes halogenated alkanes) is 9. The predicted molar refractivity (Wildman–Crippen MR) is 297 cm³/mol. The maximum Gasteiger partial charge on any atom is 0.0574 e. The van der Waals surface area contributed by atoms with Crippen LogP contribution in [0.3, 0.4) is 0 Å². The van der Waals surface area contributed by atoms with Gasteiger partial charge in [0.05, 0.1) is 22.1 Å². The first kappa shape index (κ1) is 42.2.